The largest absolute Gasteiger partial charge is 0.480 e. The van der Waals surface area contributed by atoms with Crippen molar-refractivity contribution in [2.45, 2.75) is 70.8 Å². The van der Waals surface area contributed by atoms with Gasteiger partial charge < -0.3 is 31.9 Å². The number of amides is 3. The average molecular weight is 451 g/mol. The fourth-order valence-electron chi connectivity index (χ4n) is 2.88. The minimum absolute atomic E-state index is 0.0719. The Bertz CT molecular complexity index is 786. The van der Waals surface area contributed by atoms with E-state index in [-0.39, 0.29) is 12.3 Å². The summed E-state index contributed by atoms with van der Waals surface area (Å²) in [4.78, 5) is 48.9. The molecule has 1 aromatic carbocycles. The Morgan fingerprint density at radius 3 is 2.03 bits per heavy atom. The average Bonchev–Trinajstić information content (AvgIpc) is 2.75. The van der Waals surface area contributed by atoms with E-state index in [1.165, 1.54) is 13.8 Å². The van der Waals surface area contributed by atoms with Crippen LogP contribution in [0.5, 0.6) is 0 Å². The molecule has 0 radical (unpaired) electrons. The van der Waals surface area contributed by atoms with E-state index < -0.39 is 54.0 Å². The van der Waals surface area contributed by atoms with Crippen LogP contribution in [0.1, 0.15) is 39.7 Å². The van der Waals surface area contributed by atoms with Gasteiger partial charge in [-0.15, -0.1) is 0 Å². The number of hydrogen-bond acceptors (Lipinski definition) is 6. The van der Waals surface area contributed by atoms with Gasteiger partial charge in [0, 0.05) is 6.42 Å². The Labute approximate surface area is 187 Å². The van der Waals surface area contributed by atoms with Gasteiger partial charge in [0.15, 0.2) is 0 Å². The molecular weight excluding hydrogens is 416 g/mol. The summed E-state index contributed by atoms with van der Waals surface area (Å²) in [6.45, 7) is 6.37. The number of rotatable bonds is 12. The van der Waals surface area contributed by atoms with E-state index >= 15 is 0 Å². The number of nitrogens with one attached hydrogen (secondary N) is 3. The van der Waals surface area contributed by atoms with Gasteiger partial charge in [-0.2, -0.15) is 0 Å². The molecule has 0 aliphatic rings. The molecule has 0 fully saturated rings. The number of aliphatic hydroxyl groups is 1. The third kappa shape index (κ3) is 8.27. The molecule has 0 aromatic heterocycles. The molecule has 6 unspecified atom stereocenters. The van der Waals surface area contributed by atoms with Gasteiger partial charge in [-0.25, -0.2) is 4.79 Å². The molecule has 10 nitrogen and oxygen atoms in total. The Hall–Kier alpha value is -2.98. The van der Waals surface area contributed by atoms with E-state index in [9.17, 15) is 29.4 Å². The highest BCUT2D eigenvalue weighted by Crippen LogP contribution is 2.07. The fourth-order valence-corrected chi connectivity index (χ4v) is 2.88. The van der Waals surface area contributed by atoms with Gasteiger partial charge >= 0.3 is 5.97 Å². The summed E-state index contributed by atoms with van der Waals surface area (Å²) >= 11 is 0. The van der Waals surface area contributed by atoms with Crippen LogP contribution in [0.2, 0.25) is 0 Å². The lowest BCUT2D eigenvalue weighted by molar-refractivity contribution is -0.142. The van der Waals surface area contributed by atoms with Gasteiger partial charge in [0.05, 0.1) is 12.1 Å². The topological polar surface area (TPSA) is 171 Å². The standard InChI is InChI=1S/C22H34N4O6/c1-5-12(2)17(23)20(29)26-18(14(4)27)21(30)24-13(3)19(28)25-16(22(31)32)11-15-9-7-6-8-10-15/h6-10,12-14,16-18,27H,5,11,23H2,1-4H3,(H,24,30)(H,25,28)(H,26,29)(H,31,32). The van der Waals surface area contributed by atoms with Crippen molar-refractivity contribution in [2.75, 3.05) is 0 Å². The summed E-state index contributed by atoms with van der Waals surface area (Å²) in [7, 11) is 0. The molecule has 32 heavy (non-hydrogen) atoms. The van der Waals surface area contributed by atoms with Crippen molar-refractivity contribution >= 4 is 23.7 Å². The van der Waals surface area contributed by atoms with Gasteiger partial charge in [-0.05, 0) is 25.3 Å². The maximum absolute atomic E-state index is 12.6. The van der Waals surface area contributed by atoms with E-state index in [1.54, 1.807) is 37.3 Å². The van der Waals surface area contributed by atoms with Crippen molar-refractivity contribution in [3.8, 4) is 0 Å². The number of hydrogen-bond donors (Lipinski definition) is 6. The molecule has 0 aliphatic heterocycles. The van der Waals surface area contributed by atoms with E-state index in [0.29, 0.717) is 6.42 Å². The van der Waals surface area contributed by atoms with Crippen LogP contribution in [0.15, 0.2) is 30.3 Å². The quantitative estimate of drug-likeness (QED) is 0.250. The summed E-state index contributed by atoms with van der Waals surface area (Å²) in [5.74, 6) is -3.44. The zero-order valence-corrected chi connectivity index (χ0v) is 18.9. The molecule has 178 valence electrons. The van der Waals surface area contributed by atoms with E-state index in [0.717, 1.165) is 5.56 Å². The molecule has 1 rings (SSSR count). The second kappa shape index (κ2) is 12.8. The Balaban J connectivity index is 2.76. The number of carboxylic acid groups (broad SMARTS) is 1. The Morgan fingerprint density at radius 2 is 1.53 bits per heavy atom. The van der Waals surface area contributed by atoms with Crippen LogP contribution in [0, 0.1) is 5.92 Å². The number of aliphatic hydroxyl groups excluding tert-OH is 1. The summed E-state index contributed by atoms with van der Waals surface area (Å²) in [6, 6.07) is 4.32. The van der Waals surface area contributed by atoms with Crippen LogP contribution in [0.4, 0.5) is 0 Å². The van der Waals surface area contributed by atoms with Gasteiger partial charge in [-0.1, -0.05) is 50.6 Å². The predicted octanol–water partition coefficient (Wildman–Crippen LogP) is -0.458. The first-order chi connectivity index (χ1) is 15.0. The lowest BCUT2D eigenvalue weighted by Gasteiger charge is -2.26. The predicted molar refractivity (Wildman–Crippen MR) is 118 cm³/mol. The van der Waals surface area contributed by atoms with Crippen molar-refractivity contribution in [1.29, 1.82) is 0 Å². The van der Waals surface area contributed by atoms with Crippen molar-refractivity contribution in [2.24, 2.45) is 11.7 Å². The maximum atomic E-state index is 12.6. The van der Waals surface area contributed by atoms with Crippen LogP contribution < -0.4 is 21.7 Å². The molecule has 7 N–H and O–H groups in total. The first kappa shape index (κ1) is 27.1. The van der Waals surface area contributed by atoms with E-state index in [4.69, 9.17) is 5.73 Å². The number of carbonyl (C=O) groups is 4. The molecule has 0 saturated heterocycles. The molecule has 3 amide bonds. The highest BCUT2D eigenvalue weighted by atomic mass is 16.4. The molecule has 0 aliphatic carbocycles. The number of carboxylic acids is 1. The third-order valence-electron chi connectivity index (χ3n) is 5.27. The summed E-state index contributed by atoms with van der Waals surface area (Å²) in [6.07, 6.45) is -0.517. The maximum Gasteiger partial charge on any atom is 0.326 e. The van der Waals surface area contributed by atoms with Crippen molar-refractivity contribution in [3.05, 3.63) is 35.9 Å². The van der Waals surface area contributed by atoms with Crippen LogP contribution >= 0.6 is 0 Å². The number of benzene rings is 1. The van der Waals surface area contributed by atoms with Crippen LogP contribution in [-0.4, -0.2) is 64.2 Å². The second-order valence-electron chi connectivity index (χ2n) is 7.96. The second-order valence-corrected chi connectivity index (χ2v) is 7.96. The highest BCUT2D eigenvalue weighted by molar-refractivity contribution is 5.94. The zero-order chi connectivity index (χ0) is 24.4. The zero-order valence-electron chi connectivity index (χ0n) is 18.9. The molecular formula is C22H34N4O6. The molecule has 0 bridgehead atoms. The van der Waals surface area contributed by atoms with Crippen LogP contribution in [0.25, 0.3) is 0 Å². The Kier molecular flexibility index (Phi) is 10.8. The van der Waals surface area contributed by atoms with Crippen LogP contribution in [0.3, 0.4) is 0 Å². The normalized spacial score (nSPS) is 16.6. The molecule has 0 spiro atoms. The summed E-state index contributed by atoms with van der Waals surface area (Å²) in [5, 5.41) is 26.6. The fraction of sp³-hybridized carbons (Fsp3) is 0.545. The van der Waals surface area contributed by atoms with Crippen molar-refractivity contribution in [1.82, 2.24) is 16.0 Å². The van der Waals surface area contributed by atoms with Gasteiger partial charge in [0.1, 0.15) is 18.1 Å². The molecule has 0 heterocycles. The van der Waals surface area contributed by atoms with Gasteiger partial charge in [-0.3, -0.25) is 14.4 Å². The number of carbonyl (C=O) groups excluding carboxylic acids is 3. The number of aliphatic carboxylic acids is 1. The minimum Gasteiger partial charge on any atom is -0.480 e. The smallest absolute Gasteiger partial charge is 0.326 e. The van der Waals surface area contributed by atoms with Crippen molar-refractivity contribution < 1.29 is 29.4 Å². The van der Waals surface area contributed by atoms with Crippen molar-refractivity contribution in [3.63, 3.8) is 0 Å². The summed E-state index contributed by atoms with van der Waals surface area (Å²) in [5.41, 5.74) is 6.60. The van der Waals surface area contributed by atoms with Gasteiger partial charge in [0.25, 0.3) is 0 Å². The summed E-state index contributed by atoms with van der Waals surface area (Å²) < 4.78 is 0. The molecule has 10 heteroatoms. The lowest BCUT2D eigenvalue weighted by Crippen LogP contribution is -2.59. The highest BCUT2D eigenvalue weighted by Gasteiger charge is 2.31. The first-order valence-electron chi connectivity index (χ1n) is 10.6. The van der Waals surface area contributed by atoms with Gasteiger partial charge in [0.2, 0.25) is 17.7 Å². The SMILES string of the molecule is CCC(C)C(N)C(=O)NC(C(=O)NC(C)C(=O)NC(Cc1ccccc1)C(=O)O)C(C)O. The molecule has 6 atom stereocenters. The lowest BCUT2D eigenvalue weighted by atomic mass is 9.98. The Morgan fingerprint density at radius 1 is 0.938 bits per heavy atom. The van der Waals surface area contributed by atoms with E-state index in [2.05, 4.69) is 16.0 Å². The monoisotopic (exact) mass is 450 g/mol. The number of nitrogens with two attached hydrogens (primary N) is 1. The van der Waals surface area contributed by atoms with E-state index in [1.807, 2.05) is 6.92 Å². The molecule has 0 saturated carbocycles. The molecule has 1 aromatic rings. The first-order valence-corrected chi connectivity index (χ1v) is 10.6. The third-order valence-corrected chi connectivity index (χ3v) is 5.27. The van der Waals surface area contributed by atoms with Crippen LogP contribution in [-0.2, 0) is 25.6 Å². The minimum atomic E-state index is -1.33.